The van der Waals surface area contributed by atoms with E-state index in [4.69, 9.17) is 5.73 Å². The van der Waals surface area contributed by atoms with Crippen molar-refractivity contribution in [3.05, 3.63) is 35.9 Å². The van der Waals surface area contributed by atoms with Crippen LogP contribution in [0.25, 0.3) is 0 Å². The number of hydrogen-bond donors (Lipinski definition) is 1. The number of rotatable bonds is 5. The molecule has 0 amide bonds. The molecule has 7 heteroatoms. The number of esters is 1. The topological polar surface area (TPSA) is 89.7 Å². The third-order valence-electron chi connectivity index (χ3n) is 2.61. The third-order valence-corrected chi connectivity index (χ3v) is 4.49. The summed E-state index contributed by atoms with van der Waals surface area (Å²) < 4.78 is 30.4. The number of methoxy groups -OCH3 is 1. The third kappa shape index (κ3) is 3.37. The summed E-state index contributed by atoms with van der Waals surface area (Å²) >= 11 is 0. The summed E-state index contributed by atoms with van der Waals surface area (Å²) in [6.07, 6.45) is 0. The van der Waals surface area contributed by atoms with E-state index < -0.39 is 16.0 Å². The van der Waals surface area contributed by atoms with Crippen molar-refractivity contribution in [3.8, 4) is 0 Å². The van der Waals surface area contributed by atoms with E-state index in [1.807, 2.05) is 0 Å². The Kier molecular flexibility index (Phi) is 4.91. The molecule has 1 rings (SSSR count). The van der Waals surface area contributed by atoms with Crippen molar-refractivity contribution in [2.75, 3.05) is 26.4 Å². The molecule has 0 bridgehead atoms. The Morgan fingerprint density at radius 1 is 1.45 bits per heavy atom. The monoisotopic (exact) mass is 298 g/mol. The molecule has 0 aliphatic carbocycles. The van der Waals surface area contributed by atoms with Crippen LogP contribution in [-0.4, -0.2) is 39.4 Å². The average molecular weight is 298 g/mol. The number of ether oxygens (including phenoxy) is 1. The number of carbonyl (C=O) groups is 1. The molecule has 0 saturated heterocycles. The van der Waals surface area contributed by atoms with Crippen molar-refractivity contribution in [2.45, 2.75) is 11.8 Å². The summed E-state index contributed by atoms with van der Waals surface area (Å²) in [6.45, 7) is 5.60. The van der Waals surface area contributed by atoms with Crippen LogP contribution in [0.1, 0.15) is 17.3 Å². The molecule has 20 heavy (non-hydrogen) atoms. The van der Waals surface area contributed by atoms with Gasteiger partial charge < -0.3 is 10.5 Å². The lowest BCUT2D eigenvalue weighted by atomic mass is 10.2. The Bertz CT molecular complexity index is 638. The molecule has 110 valence electrons. The van der Waals surface area contributed by atoms with Gasteiger partial charge in [0.2, 0.25) is 10.0 Å². The number of anilines is 1. The summed E-state index contributed by atoms with van der Waals surface area (Å²) in [4.78, 5) is 11.3. The molecule has 0 saturated carbocycles. The summed E-state index contributed by atoms with van der Waals surface area (Å²) in [7, 11) is -1.04. The highest BCUT2D eigenvalue weighted by atomic mass is 32.2. The number of nitrogen functional groups attached to an aromatic ring is 1. The van der Waals surface area contributed by atoms with Gasteiger partial charge in [0.25, 0.3) is 0 Å². The predicted octanol–water partition coefficient (Wildman–Crippen LogP) is 1.25. The number of benzene rings is 1. The maximum absolute atomic E-state index is 12.3. The normalized spacial score (nSPS) is 11.4. The molecule has 0 aliphatic rings. The highest BCUT2D eigenvalue weighted by molar-refractivity contribution is 7.89. The molecule has 0 unspecified atom stereocenters. The largest absolute Gasteiger partial charge is 0.465 e. The summed E-state index contributed by atoms with van der Waals surface area (Å²) in [6, 6.07) is 3.95. The van der Waals surface area contributed by atoms with E-state index in [0.29, 0.717) is 5.57 Å². The molecule has 0 fully saturated rings. The molecular weight excluding hydrogens is 280 g/mol. The van der Waals surface area contributed by atoms with Crippen molar-refractivity contribution in [3.63, 3.8) is 0 Å². The molecule has 6 nitrogen and oxygen atoms in total. The SMILES string of the molecule is C=C(C)CN(C)S(=O)(=O)c1ccc(C(=O)OC)cc1N. The maximum atomic E-state index is 12.3. The minimum Gasteiger partial charge on any atom is -0.465 e. The van der Waals surface area contributed by atoms with E-state index >= 15 is 0 Å². The highest BCUT2D eigenvalue weighted by Crippen LogP contribution is 2.23. The van der Waals surface area contributed by atoms with Gasteiger partial charge >= 0.3 is 5.97 Å². The second-order valence-electron chi connectivity index (χ2n) is 4.46. The average Bonchev–Trinajstić information content (AvgIpc) is 2.36. The lowest BCUT2D eigenvalue weighted by Crippen LogP contribution is -2.29. The lowest BCUT2D eigenvalue weighted by molar-refractivity contribution is 0.0600. The van der Waals surface area contributed by atoms with Crippen molar-refractivity contribution in [1.29, 1.82) is 0 Å². The zero-order valence-electron chi connectivity index (χ0n) is 11.7. The Labute approximate surface area is 118 Å². The Morgan fingerprint density at radius 2 is 2.05 bits per heavy atom. The van der Waals surface area contributed by atoms with Gasteiger partial charge in [-0.15, -0.1) is 0 Å². The van der Waals surface area contributed by atoms with E-state index in [1.54, 1.807) is 6.92 Å². The maximum Gasteiger partial charge on any atom is 0.337 e. The van der Waals surface area contributed by atoms with Crippen molar-refractivity contribution in [2.24, 2.45) is 0 Å². The lowest BCUT2D eigenvalue weighted by Gasteiger charge is -2.18. The highest BCUT2D eigenvalue weighted by Gasteiger charge is 2.24. The Morgan fingerprint density at radius 3 is 2.50 bits per heavy atom. The van der Waals surface area contributed by atoms with Crippen LogP contribution >= 0.6 is 0 Å². The minimum absolute atomic E-state index is 0.00136. The van der Waals surface area contributed by atoms with Gasteiger partial charge in [0.1, 0.15) is 4.90 Å². The van der Waals surface area contributed by atoms with E-state index in [2.05, 4.69) is 11.3 Å². The zero-order chi connectivity index (χ0) is 15.5. The molecule has 1 aromatic carbocycles. The van der Waals surface area contributed by atoms with E-state index in [0.717, 1.165) is 4.31 Å². The predicted molar refractivity (Wildman–Crippen MR) is 76.8 cm³/mol. The Hall–Kier alpha value is -1.86. The number of hydrogen-bond acceptors (Lipinski definition) is 5. The van der Waals surface area contributed by atoms with Crippen LogP contribution in [0.5, 0.6) is 0 Å². The van der Waals surface area contributed by atoms with Gasteiger partial charge in [0, 0.05) is 13.6 Å². The molecule has 0 atom stereocenters. The first-order chi connectivity index (χ1) is 9.20. The number of sulfonamides is 1. The van der Waals surface area contributed by atoms with Gasteiger partial charge in [0.05, 0.1) is 18.4 Å². The van der Waals surface area contributed by atoms with Crippen molar-refractivity contribution in [1.82, 2.24) is 4.31 Å². The first-order valence-corrected chi connectivity index (χ1v) is 7.22. The van der Waals surface area contributed by atoms with E-state index in [-0.39, 0.29) is 22.7 Å². The van der Waals surface area contributed by atoms with Crippen molar-refractivity contribution < 1.29 is 17.9 Å². The number of nitrogens with zero attached hydrogens (tertiary/aromatic N) is 1. The zero-order valence-corrected chi connectivity index (χ0v) is 12.5. The van der Waals surface area contributed by atoms with Gasteiger partial charge in [-0.2, -0.15) is 4.31 Å². The van der Waals surface area contributed by atoms with Gasteiger partial charge in [-0.05, 0) is 25.1 Å². The fourth-order valence-electron chi connectivity index (χ4n) is 1.66. The van der Waals surface area contributed by atoms with Crippen LogP contribution in [0.4, 0.5) is 5.69 Å². The molecule has 1 aromatic rings. The van der Waals surface area contributed by atoms with Gasteiger partial charge in [0.15, 0.2) is 0 Å². The molecular formula is C13H18N2O4S. The summed E-state index contributed by atoms with van der Waals surface area (Å²) in [5.41, 5.74) is 6.64. The summed E-state index contributed by atoms with van der Waals surface area (Å²) in [5, 5.41) is 0. The van der Waals surface area contributed by atoms with Crippen LogP contribution in [0.2, 0.25) is 0 Å². The van der Waals surface area contributed by atoms with Crippen LogP contribution in [0, 0.1) is 0 Å². The van der Waals surface area contributed by atoms with Crippen LogP contribution in [0.15, 0.2) is 35.2 Å². The van der Waals surface area contributed by atoms with Gasteiger partial charge in [-0.25, -0.2) is 13.2 Å². The second kappa shape index (κ2) is 6.06. The molecule has 0 aromatic heterocycles. The van der Waals surface area contributed by atoms with Crippen LogP contribution < -0.4 is 5.73 Å². The molecule has 0 spiro atoms. The van der Waals surface area contributed by atoms with Gasteiger partial charge in [-0.1, -0.05) is 12.2 Å². The number of likely N-dealkylation sites (N-methyl/N-ethyl adjacent to an activating group) is 1. The molecule has 0 heterocycles. The molecule has 0 radical (unpaired) electrons. The van der Waals surface area contributed by atoms with Gasteiger partial charge in [-0.3, -0.25) is 0 Å². The van der Waals surface area contributed by atoms with Crippen LogP contribution in [0.3, 0.4) is 0 Å². The quantitative estimate of drug-likeness (QED) is 0.502. The van der Waals surface area contributed by atoms with Crippen LogP contribution in [-0.2, 0) is 14.8 Å². The van der Waals surface area contributed by atoms with E-state index in [9.17, 15) is 13.2 Å². The first-order valence-electron chi connectivity index (χ1n) is 5.78. The smallest absolute Gasteiger partial charge is 0.337 e. The minimum atomic E-state index is -3.72. The van der Waals surface area contributed by atoms with Crippen molar-refractivity contribution >= 4 is 21.7 Å². The second-order valence-corrected chi connectivity index (χ2v) is 6.48. The summed E-state index contributed by atoms with van der Waals surface area (Å²) in [5.74, 6) is -0.573. The molecule has 0 aliphatic heterocycles. The molecule has 2 N–H and O–H groups in total. The Balaban J connectivity index is 3.20. The fraction of sp³-hybridized carbons (Fsp3) is 0.308. The number of carbonyl (C=O) groups excluding carboxylic acids is 1. The first kappa shape index (κ1) is 16.2. The van der Waals surface area contributed by atoms with E-state index in [1.165, 1.54) is 32.4 Å². The fourth-order valence-corrected chi connectivity index (χ4v) is 2.98. The standard InChI is InChI=1S/C13H18N2O4S/c1-9(2)8-15(3)20(17,18)12-6-5-10(7-11(12)14)13(16)19-4/h5-7H,1,8,14H2,2-4H3. The number of nitrogens with two attached hydrogens (primary N) is 1.